The van der Waals surface area contributed by atoms with Gasteiger partial charge in [0.25, 0.3) is 0 Å². The third-order valence-electron chi connectivity index (χ3n) is 3.10. The van der Waals surface area contributed by atoms with Crippen molar-refractivity contribution in [2.24, 2.45) is 11.7 Å². The number of imide groups is 1. The lowest BCUT2D eigenvalue weighted by molar-refractivity contribution is -0.120. The van der Waals surface area contributed by atoms with E-state index < -0.39 is 17.2 Å². The molecule has 10 heteroatoms. The number of primary amides is 1. The molecule has 1 heterocycles. The van der Waals surface area contributed by atoms with Crippen LogP contribution in [0.15, 0.2) is 28.6 Å². The third kappa shape index (κ3) is 5.98. The van der Waals surface area contributed by atoms with Gasteiger partial charge in [0.1, 0.15) is 5.82 Å². The van der Waals surface area contributed by atoms with Gasteiger partial charge in [0.2, 0.25) is 11.0 Å². The topological polar surface area (TPSA) is 110 Å². The first-order valence-electron chi connectivity index (χ1n) is 7.44. The molecule has 1 atom stereocenters. The van der Waals surface area contributed by atoms with Crippen LogP contribution in [0.1, 0.15) is 19.4 Å². The maximum absolute atomic E-state index is 12.9. The smallest absolute Gasteiger partial charge is 0.318 e. The number of anilines is 1. The van der Waals surface area contributed by atoms with Crippen molar-refractivity contribution in [3.8, 4) is 0 Å². The summed E-state index contributed by atoms with van der Waals surface area (Å²) >= 11 is 2.52. The molecular formula is C15H18FN5O2S2. The summed E-state index contributed by atoms with van der Waals surface area (Å²) in [6.45, 7) is 4.22. The number of rotatable bonds is 7. The van der Waals surface area contributed by atoms with Gasteiger partial charge in [-0.15, -0.1) is 10.2 Å². The minimum Gasteiger partial charge on any atom is -0.356 e. The minimum absolute atomic E-state index is 0.0242. The molecule has 0 aliphatic rings. The van der Waals surface area contributed by atoms with Gasteiger partial charge in [-0.1, -0.05) is 49.1 Å². The zero-order valence-electron chi connectivity index (χ0n) is 13.7. The predicted octanol–water partition coefficient (Wildman–Crippen LogP) is 2.60. The molecule has 2 rings (SSSR count). The molecule has 3 amide bonds. The first kappa shape index (κ1) is 19.1. The highest BCUT2D eigenvalue weighted by atomic mass is 32.2. The molecule has 4 N–H and O–H groups in total. The first-order valence-corrected chi connectivity index (χ1v) is 9.13. The van der Waals surface area contributed by atoms with Crippen LogP contribution in [0.2, 0.25) is 0 Å². The number of urea groups is 1. The Kier molecular flexibility index (Phi) is 6.71. The summed E-state index contributed by atoms with van der Waals surface area (Å²) in [7, 11) is 0. The van der Waals surface area contributed by atoms with E-state index in [2.05, 4.69) is 20.8 Å². The predicted molar refractivity (Wildman–Crippen MR) is 95.8 cm³/mol. The number of carbonyl (C=O) groups is 2. The molecule has 0 aliphatic heterocycles. The number of aromatic nitrogens is 2. The lowest BCUT2D eigenvalue weighted by atomic mass is 10.1. The van der Waals surface area contributed by atoms with Crippen molar-refractivity contribution < 1.29 is 14.0 Å². The summed E-state index contributed by atoms with van der Waals surface area (Å²) in [5, 5.41) is 13.3. The fourth-order valence-corrected chi connectivity index (χ4v) is 3.86. The summed E-state index contributed by atoms with van der Waals surface area (Å²) in [4.78, 5) is 22.9. The van der Waals surface area contributed by atoms with E-state index in [0.29, 0.717) is 16.0 Å². The molecule has 2 aromatic rings. The zero-order chi connectivity index (χ0) is 18.4. The molecule has 0 bridgehead atoms. The van der Waals surface area contributed by atoms with Gasteiger partial charge in [0.15, 0.2) is 4.34 Å². The Hall–Kier alpha value is -2.20. The number of hydrogen-bond acceptors (Lipinski definition) is 7. The maximum Gasteiger partial charge on any atom is 0.318 e. The standard InChI is InChI=1S/C15H18FN5O2S2/c1-8(2)11(12(22)19-13(17)23)24-15-21-20-14(25-15)18-7-9-3-5-10(16)6-4-9/h3-6,8,11H,7H2,1-2H3,(H,18,20)(H3,17,19,22,23). The Balaban J connectivity index is 1.95. The number of halogens is 1. The van der Waals surface area contributed by atoms with E-state index in [-0.39, 0.29) is 11.7 Å². The molecule has 0 fully saturated rings. The number of thioether (sulfide) groups is 1. The summed E-state index contributed by atoms with van der Waals surface area (Å²) in [5.41, 5.74) is 5.90. The van der Waals surface area contributed by atoms with E-state index in [1.165, 1.54) is 35.2 Å². The number of nitrogens with zero attached hydrogens (tertiary/aromatic N) is 2. The summed E-state index contributed by atoms with van der Waals surface area (Å²) < 4.78 is 13.5. The molecule has 7 nitrogen and oxygen atoms in total. The van der Waals surface area contributed by atoms with Crippen LogP contribution < -0.4 is 16.4 Å². The van der Waals surface area contributed by atoms with Gasteiger partial charge in [-0.05, 0) is 23.6 Å². The van der Waals surface area contributed by atoms with Crippen molar-refractivity contribution in [3.05, 3.63) is 35.6 Å². The van der Waals surface area contributed by atoms with Gasteiger partial charge in [0.05, 0.1) is 5.25 Å². The number of nitrogens with two attached hydrogens (primary N) is 1. The van der Waals surface area contributed by atoms with Gasteiger partial charge in [-0.3, -0.25) is 10.1 Å². The Morgan fingerprint density at radius 1 is 1.28 bits per heavy atom. The van der Waals surface area contributed by atoms with Gasteiger partial charge in [-0.2, -0.15) is 0 Å². The molecule has 1 aromatic carbocycles. The van der Waals surface area contributed by atoms with Crippen LogP contribution in [0.25, 0.3) is 0 Å². The number of hydrogen-bond donors (Lipinski definition) is 3. The first-order chi connectivity index (χ1) is 11.8. The molecule has 134 valence electrons. The molecule has 0 spiro atoms. The van der Waals surface area contributed by atoms with Crippen molar-refractivity contribution in [1.29, 1.82) is 0 Å². The molecule has 1 aromatic heterocycles. The van der Waals surface area contributed by atoms with Crippen LogP contribution in [0.3, 0.4) is 0 Å². The van der Waals surface area contributed by atoms with E-state index in [9.17, 15) is 14.0 Å². The number of carbonyl (C=O) groups excluding carboxylic acids is 2. The number of amides is 3. The molecule has 0 saturated carbocycles. The second-order valence-electron chi connectivity index (χ2n) is 5.49. The van der Waals surface area contributed by atoms with Crippen LogP contribution >= 0.6 is 23.1 Å². The Morgan fingerprint density at radius 3 is 2.56 bits per heavy atom. The van der Waals surface area contributed by atoms with E-state index in [1.807, 2.05) is 13.8 Å². The Labute approximate surface area is 152 Å². The van der Waals surface area contributed by atoms with Crippen molar-refractivity contribution in [3.63, 3.8) is 0 Å². The molecule has 0 aliphatic carbocycles. The monoisotopic (exact) mass is 383 g/mol. The normalized spacial score (nSPS) is 12.0. The molecular weight excluding hydrogens is 365 g/mol. The summed E-state index contributed by atoms with van der Waals surface area (Å²) in [6.07, 6.45) is 0. The van der Waals surface area contributed by atoms with Gasteiger partial charge >= 0.3 is 6.03 Å². The largest absolute Gasteiger partial charge is 0.356 e. The minimum atomic E-state index is -0.879. The highest BCUT2D eigenvalue weighted by Gasteiger charge is 2.26. The van der Waals surface area contributed by atoms with Crippen molar-refractivity contribution >= 4 is 40.2 Å². The van der Waals surface area contributed by atoms with E-state index in [0.717, 1.165) is 5.56 Å². The lowest BCUT2D eigenvalue weighted by Gasteiger charge is -2.16. The molecule has 0 saturated heterocycles. The average Bonchev–Trinajstić information content (AvgIpc) is 2.98. The maximum atomic E-state index is 12.9. The van der Waals surface area contributed by atoms with E-state index in [4.69, 9.17) is 5.73 Å². The van der Waals surface area contributed by atoms with Gasteiger partial charge in [0, 0.05) is 6.54 Å². The van der Waals surface area contributed by atoms with Crippen LogP contribution in [-0.4, -0.2) is 27.4 Å². The number of nitrogens with one attached hydrogen (secondary N) is 2. The van der Waals surface area contributed by atoms with E-state index in [1.54, 1.807) is 12.1 Å². The second-order valence-corrected chi connectivity index (χ2v) is 7.86. The SMILES string of the molecule is CC(C)C(Sc1nnc(NCc2ccc(F)cc2)s1)C(=O)NC(N)=O. The average molecular weight is 383 g/mol. The third-order valence-corrected chi connectivity index (χ3v) is 5.61. The highest BCUT2D eigenvalue weighted by Crippen LogP contribution is 2.32. The van der Waals surface area contributed by atoms with Gasteiger partial charge in [-0.25, -0.2) is 9.18 Å². The Bertz CT molecular complexity index is 736. The highest BCUT2D eigenvalue weighted by molar-refractivity contribution is 8.02. The van der Waals surface area contributed by atoms with Crippen LogP contribution in [0, 0.1) is 11.7 Å². The number of benzene rings is 1. The molecule has 25 heavy (non-hydrogen) atoms. The van der Waals surface area contributed by atoms with E-state index >= 15 is 0 Å². The van der Waals surface area contributed by atoms with Crippen LogP contribution in [0.5, 0.6) is 0 Å². The fourth-order valence-electron chi connectivity index (χ4n) is 1.90. The molecule has 1 unspecified atom stereocenters. The van der Waals surface area contributed by atoms with Crippen LogP contribution in [-0.2, 0) is 11.3 Å². The molecule has 0 radical (unpaired) electrons. The second kappa shape index (κ2) is 8.77. The Morgan fingerprint density at radius 2 is 1.96 bits per heavy atom. The van der Waals surface area contributed by atoms with Crippen molar-refractivity contribution in [2.75, 3.05) is 5.32 Å². The van der Waals surface area contributed by atoms with Gasteiger partial charge < -0.3 is 11.1 Å². The van der Waals surface area contributed by atoms with Crippen molar-refractivity contribution in [1.82, 2.24) is 15.5 Å². The van der Waals surface area contributed by atoms with Crippen molar-refractivity contribution in [2.45, 2.75) is 30.0 Å². The fraction of sp³-hybridized carbons (Fsp3) is 0.333. The van der Waals surface area contributed by atoms with Crippen LogP contribution in [0.4, 0.5) is 14.3 Å². The zero-order valence-corrected chi connectivity index (χ0v) is 15.3. The lowest BCUT2D eigenvalue weighted by Crippen LogP contribution is -2.42. The summed E-state index contributed by atoms with van der Waals surface area (Å²) in [5.74, 6) is -0.764. The quantitative estimate of drug-likeness (QED) is 0.634. The summed E-state index contributed by atoms with van der Waals surface area (Å²) in [6, 6.07) is 5.27.